The molecule has 2 heterocycles. The van der Waals surface area contributed by atoms with Crippen LogP contribution in [0.2, 0.25) is 0 Å². The number of anilines is 2. The van der Waals surface area contributed by atoms with Crippen molar-refractivity contribution < 1.29 is 9.53 Å². The standard InChI is InChI=1S/C16H20BrN3O2S/c1-10(2)14(17)15(21)19-16-18-12-4-3-11(9-13(12)23-16)20-5-7-22-8-6-20/h3-4,9-10,14H,5-8H2,1-2H3,(H,18,19,21). The fraction of sp³-hybridized carbons (Fsp3) is 0.500. The first kappa shape index (κ1) is 16.7. The monoisotopic (exact) mass is 397 g/mol. The van der Waals surface area contributed by atoms with Crippen LogP contribution in [0, 0.1) is 5.92 Å². The van der Waals surface area contributed by atoms with Gasteiger partial charge in [-0.05, 0) is 24.1 Å². The molecule has 0 saturated carbocycles. The van der Waals surface area contributed by atoms with Gasteiger partial charge < -0.3 is 15.0 Å². The summed E-state index contributed by atoms with van der Waals surface area (Å²) in [6, 6.07) is 6.24. The van der Waals surface area contributed by atoms with Crippen LogP contribution in [-0.4, -0.2) is 42.0 Å². The number of hydrogen-bond donors (Lipinski definition) is 1. The van der Waals surface area contributed by atoms with E-state index in [4.69, 9.17) is 4.74 Å². The van der Waals surface area contributed by atoms with Crippen molar-refractivity contribution in [1.82, 2.24) is 4.98 Å². The van der Waals surface area contributed by atoms with Crippen LogP contribution in [0.4, 0.5) is 10.8 Å². The Balaban J connectivity index is 1.77. The SMILES string of the molecule is CC(C)C(Br)C(=O)Nc1nc2ccc(N3CCOCC3)cc2s1. The molecule has 23 heavy (non-hydrogen) atoms. The van der Waals surface area contributed by atoms with E-state index in [1.54, 1.807) is 0 Å². The fourth-order valence-corrected chi connectivity index (χ4v) is 3.48. The van der Waals surface area contributed by atoms with Crippen molar-refractivity contribution in [3.63, 3.8) is 0 Å². The van der Waals surface area contributed by atoms with E-state index in [2.05, 4.69) is 43.3 Å². The van der Waals surface area contributed by atoms with E-state index in [0.29, 0.717) is 5.13 Å². The predicted octanol–water partition coefficient (Wildman–Crippen LogP) is 3.49. The molecule has 1 aliphatic heterocycles. The number of amides is 1. The van der Waals surface area contributed by atoms with Crippen LogP contribution in [0.3, 0.4) is 0 Å². The Morgan fingerprint density at radius 2 is 2.13 bits per heavy atom. The number of thiazole rings is 1. The van der Waals surface area contributed by atoms with Gasteiger partial charge in [-0.15, -0.1) is 0 Å². The van der Waals surface area contributed by atoms with Crippen molar-refractivity contribution in [2.45, 2.75) is 18.7 Å². The summed E-state index contributed by atoms with van der Waals surface area (Å²) < 4.78 is 6.48. The molecule has 1 aromatic carbocycles. The van der Waals surface area contributed by atoms with E-state index in [1.807, 2.05) is 19.9 Å². The van der Waals surface area contributed by atoms with E-state index in [9.17, 15) is 4.79 Å². The molecule has 1 atom stereocenters. The normalized spacial score (nSPS) is 16.8. The van der Waals surface area contributed by atoms with Gasteiger partial charge in [0, 0.05) is 18.8 Å². The maximum Gasteiger partial charge on any atom is 0.240 e. The zero-order valence-corrected chi connectivity index (χ0v) is 15.6. The topological polar surface area (TPSA) is 54.5 Å². The van der Waals surface area contributed by atoms with Gasteiger partial charge >= 0.3 is 0 Å². The molecule has 3 rings (SSSR count). The number of nitrogens with one attached hydrogen (secondary N) is 1. The van der Waals surface area contributed by atoms with Crippen LogP contribution >= 0.6 is 27.3 Å². The number of alkyl halides is 1. The Kier molecular flexibility index (Phi) is 5.18. The van der Waals surface area contributed by atoms with E-state index >= 15 is 0 Å². The Labute approximate surface area is 148 Å². The number of nitrogens with zero attached hydrogens (tertiary/aromatic N) is 2. The van der Waals surface area contributed by atoms with Gasteiger partial charge in [-0.3, -0.25) is 4.79 Å². The molecule has 1 amide bonds. The lowest BCUT2D eigenvalue weighted by Crippen LogP contribution is -2.36. The quantitative estimate of drug-likeness (QED) is 0.802. The molecule has 1 aliphatic rings. The molecule has 2 aromatic rings. The average molecular weight is 398 g/mol. The summed E-state index contributed by atoms with van der Waals surface area (Å²) in [4.78, 5) is 18.7. The Morgan fingerprint density at radius 1 is 1.39 bits per heavy atom. The molecule has 0 radical (unpaired) electrons. The van der Waals surface area contributed by atoms with Crippen LogP contribution < -0.4 is 10.2 Å². The minimum absolute atomic E-state index is 0.0486. The zero-order chi connectivity index (χ0) is 16.4. The molecule has 7 heteroatoms. The highest BCUT2D eigenvalue weighted by atomic mass is 79.9. The van der Waals surface area contributed by atoms with Gasteiger partial charge in [0.15, 0.2) is 5.13 Å². The molecule has 5 nitrogen and oxygen atoms in total. The van der Waals surface area contributed by atoms with Crippen molar-refractivity contribution in [3.8, 4) is 0 Å². The van der Waals surface area contributed by atoms with Crippen molar-refractivity contribution in [1.29, 1.82) is 0 Å². The predicted molar refractivity (Wildman–Crippen MR) is 98.8 cm³/mol. The lowest BCUT2D eigenvalue weighted by atomic mass is 10.1. The number of rotatable bonds is 4. The van der Waals surface area contributed by atoms with Crippen LogP contribution in [0.25, 0.3) is 10.2 Å². The second kappa shape index (κ2) is 7.15. The van der Waals surface area contributed by atoms with Gasteiger partial charge in [0.2, 0.25) is 5.91 Å². The third-order valence-electron chi connectivity index (χ3n) is 3.81. The first-order valence-electron chi connectivity index (χ1n) is 7.73. The number of ether oxygens (including phenoxy) is 1. The second-order valence-electron chi connectivity index (χ2n) is 5.91. The van der Waals surface area contributed by atoms with Gasteiger partial charge in [-0.2, -0.15) is 0 Å². The van der Waals surface area contributed by atoms with Crippen molar-refractivity contribution in [2.24, 2.45) is 5.92 Å². The molecule has 0 aliphatic carbocycles. The van der Waals surface area contributed by atoms with Gasteiger partial charge in [0.1, 0.15) is 0 Å². The Bertz CT molecular complexity index is 698. The lowest BCUT2D eigenvalue weighted by Gasteiger charge is -2.28. The van der Waals surface area contributed by atoms with Gasteiger partial charge in [-0.25, -0.2) is 4.98 Å². The van der Waals surface area contributed by atoms with E-state index in [-0.39, 0.29) is 16.7 Å². The number of carbonyl (C=O) groups is 1. The largest absolute Gasteiger partial charge is 0.378 e. The van der Waals surface area contributed by atoms with Crippen molar-refractivity contribution in [3.05, 3.63) is 18.2 Å². The maximum atomic E-state index is 12.1. The number of aromatic nitrogens is 1. The van der Waals surface area contributed by atoms with Crippen molar-refractivity contribution >= 4 is 54.2 Å². The summed E-state index contributed by atoms with van der Waals surface area (Å²) in [5.74, 6) is 0.185. The molecule has 0 spiro atoms. The number of hydrogen-bond acceptors (Lipinski definition) is 5. The van der Waals surface area contributed by atoms with Gasteiger partial charge in [-0.1, -0.05) is 41.1 Å². The molecular formula is C16H20BrN3O2S. The summed E-state index contributed by atoms with van der Waals surface area (Å²) >= 11 is 4.93. The smallest absolute Gasteiger partial charge is 0.240 e. The number of benzene rings is 1. The van der Waals surface area contributed by atoms with Crippen LogP contribution in [0.15, 0.2) is 18.2 Å². The summed E-state index contributed by atoms with van der Waals surface area (Å²) in [6.45, 7) is 7.37. The van der Waals surface area contributed by atoms with Crippen LogP contribution in [0.1, 0.15) is 13.8 Å². The Hall–Kier alpha value is -1.18. The molecule has 1 saturated heterocycles. The van der Waals surface area contributed by atoms with Crippen molar-refractivity contribution in [2.75, 3.05) is 36.5 Å². The molecule has 1 unspecified atom stereocenters. The van der Waals surface area contributed by atoms with Crippen LogP contribution in [0.5, 0.6) is 0 Å². The summed E-state index contributed by atoms with van der Waals surface area (Å²) in [5, 5.41) is 3.55. The number of fused-ring (bicyclic) bond motifs is 1. The first-order chi connectivity index (χ1) is 11.0. The molecule has 1 N–H and O–H groups in total. The fourth-order valence-electron chi connectivity index (χ4n) is 2.46. The first-order valence-corrected chi connectivity index (χ1v) is 9.46. The minimum atomic E-state index is -0.210. The van der Waals surface area contributed by atoms with Gasteiger partial charge in [0.25, 0.3) is 0 Å². The second-order valence-corrected chi connectivity index (χ2v) is 7.92. The molecule has 1 aromatic heterocycles. The molecule has 1 fully saturated rings. The summed E-state index contributed by atoms with van der Waals surface area (Å²) in [6.07, 6.45) is 0. The molecular weight excluding hydrogens is 378 g/mol. The van der Waals surface area contributed by atoms with Gasteiger partial charge in [0.05, 0.1) is 28.3 Å². The van der Waals surface area contributed by atoms with E-state index < -0.39 is 0 Å². The molecule has 0 bridgehead atoms. The average Bonchev–Trinajstić information content (AvgIpc) is 2.95. The Morgan fingerprint density at radius 3 is 2.83 bits per heavy atom. The third-order valence-corrected chi connectivity index (χ3v) is 6.22. The third kappa shape index (κ3) is 3.84. The zero-order valence-electron chi connectivity index (χ0n) is 13.2. The summed E-state index contributed by atoms with van der Waals surface area (Å²) in [7, 11) is 0. The van der Waals surface area contributed by atoms with Crippen LogP contribution in [-0.2, 0) is 9.53 Å². The summed E-state index contributed by atoms with van der Waals surface area (Å²) in [5.41, 5.74) is 2.10. The highest BCUT2D eigenvalue weighted by molar-refractivity contribution is 9.10. The highest BCUT2D eigenvalue weighted by Gasteiger charge is 2.20. The lowest BCUT2D eigenvalue weighted by molar-refractivity contribution is -0.116. The van der Waals surface area contributed by atoms with E-state index in [0.717, 1.165) is 36.5 Å². The number of halogens is 1. The highest BCUT2D eigenvalue weighted by Crippen LogP contribution is 2.30. The maximum absolute atomic E-state index is 12.1. The molecule has 124 valence electrons. The number of morpholine rings is 1. The van der Waals surface area contributed by atoms with E-state index in [1.165, 1.54) is 17.0 Å². The number of carbonyl (C=O) groups excluding carboxylic acids is 1. The minimum Gasteiger partial charge on any atom is -0.378 e.